The highest BCUT2D eigenvalue weighted by Gasteiger charge is 2.17. The Morgan fingerprint density at radius 1 is 1.36 bits per heavy atom. The standard InChI is InChI=1S/C11H24N2O/c1-5-8(2)10(4)13-11(14)9(3)6-7-12/h8-10H,5-7,12H2,1-4H3,(H,13,14). The van der Waals surface area contributed by atoms with E-state index >= 15 is 0 Å². The van der Waals surface area contributed by atoms with Crippen molar-refractivity contribution in [3.8, 4) is 0 Å². The predicted octanol–water partition coefficient (Wildman–Crippen LogP) is 1.52. The molecular formula is C11H24N2O. The van der Waals surface area contributed by atoms with E-state index in [1.165, 1.54) is 0 Å². The number of rotatable bonds is 6. The highest BCUT2D eigenvalue weighted by molar-refractivity contribution is 5.78. The quantitative estimate of drug-likeness (QED) is 0.683. The van der Waals surface area contributed by atoms with Crippen LogP contribution in [0.15, 0.2) is 0 Å². The van der Waals surface area contributed by atoms with E-state index in [9.17, 15) is 4.79 Å². The summed E-state index contributed by atoms with van der Waals surface area (Å²) in [5.74, 6) is 0.693. The van der Waals surface area contributed by atoms with Gasteiger partial charge in [-0.05, 0) is 25.8 Å². The summed E-state index contributed by atoms with van der Waals surface area (Å²) >= 11 is 0. The lowest BCUT2D eigenvalue weighted by atomic mass is 9.99. The molecule has 0 heterocycles. The van der Waals surface area contributed by atoms with E-state index in [2.05, 4.69) is 26.1 Å². The minimum atomic E-state index is 0.0338. The SMILES string of the molecule is CCC(C)C(C)NC(=O)C(C)CCN. The monoisotopic (exact) mass is 200 g/mol. The molecule has 84 valence electrons. The van der Waals surface area contributed by atoms with Crippen LogP contribution in [-0.4, -0.2) is 18.5 Å². The fourth-order valence-corrected chi connectivity index (χ4v) is 1.24. The number of carbonyl (C=O) groups excluding carboxylic acids is 1. The average molecular weight is 200 g/mol. The number of nitrogens with two attached hydrogens (primary N) is 1. The number of hydrogen-bond donors (Lipinski definition) is 2. The van der Waals surface area contributed by atoms with Gasteiger partial charge in [0, 0.05) is 12.0 Å². The second-order valence-electron chi connectivity index (χ2n) is 4.16. The van der Waals surface area contributed by atoms with E-state index < -0.39 is 0 Å². The van der Waals surface area contributed by atoms with Gasteiger partial charge in [0.15, 0.2) is 0 Å². The summed E-state index contributed by atoms with van der Waals surface area (Å²) in [7, 11) is 0. The molecule has 0 rings (SSSR count). The molecule has 14 heavy (non-hydrogen) atoms. The van der Waals surface area contributed by atoms with Crippen LogP contribution in [-0.2, 0) is 4.79 Å². The third kappa shape index (κ3) is 4.61. The van der Waals surface area contributed by atoms with Crippen LogP contribution >= 0.6 is 0 Å². The van der Waals surface area contributed by atoms with Gasteiger partial charge in [0.05, 0.1) is 0 Å². The Morgan fingerprint density at radius 2 is 1.93 bits per heavy atom. The molecule has 0 bridgehead atoms. The first kappa shape index (κ1) is 13.4. The minimum absolute atomic E-state index is 0.0338. The van der Waals surface area contributed by atoms with E-state index in [0.29, 0.717) is 12.5 Å². The van der Waals surface area contributed by atoms with Crippen LogP contribution in [0, 0.1) is 11.8 Å². The zero-order valence-electron chi connectivity index (χ0n) is 9.84. The van der Waals surface area contributed by atoms with Crippen molar-refractivity contribution >= 4 is 5.91 Å². The van der Waals surface area contributed by atoms with Gasteiger partial charge >= 0.3 is 0 Å². The molecule has 3 N–H and O–H groups in total. The van der Waals surface area contributed by atoms with Crippen LogP contribution in [0.3, 0.4) is 0 Å². The molecule has 0 aromatic rings. The average Bonchev–Trinajstić information content (AvgIpc) is 2.16. The molecule has 3 atom stereocenters. The first-order valence-electron chi connectivity index (χ1n) is 5.53. The highest BCUT2D eigenvalue weighted by Crippen LogP contribution is 2.08. The zero-order valence-corrected chi connectivity index (χ0v) is 9.84. The molecule has 0 aliphatic rings. The summed E-state index contributed by atoms with van der Waals surface area (Å²) in [5.41, 5.74) is 5.40. The van der Waals surface area contributed by atoms with Gasteiger partial charge in [-0.15, -0.1) is 0 Å². The van der Waals surface area contributed by atoms with Gasteiger partial charge in [-0.1, -0.05) is 27.2 Å². The molecule has 0 saturated heterocycles. The van der Waals surface area contributed by atoms with E-state index in [0.717, 1.165) is 12.8 Å². The van der Waals surface area contributed by atoms with Crippen molar-refractivity contribution in [3.63, 3.8) is 0 Å². The molecule has 0 spiro atoms. The first-order valence-corrected chi connectivity index (χ1v) is 5.53. The van der Waals surface area contributed by atoms with Gasteiger partial charge in [-0.25, -0.2) is 0 Å². The van der Waals surface area contributed by atoms with Crippen LogP contribution in [0.4, 0.5) is 0 Å². The van der Waals surface area contributed by atoms with Crippen LogP contribution < -0.4 is 11.1 Å². The largest absolute Gasteiger partial charge is 0.353 e. The smallest absolute Gasteiger partial charge is 0.223 e. The van der Waals surface area contributed by atoms with Crippen LogP contribution in [0.25, 0.3) is 0 Å². The summed E-state index contributed by atoms with van der Waals surface area (Å²) in [6.45, 7) is 8.84. The Labute approximate surface area is 87.4 Å². The Balaban J connectivity index is 3.92. The molecule has 3 unspecified atom stereocenters. The molecular weight excluding hydrogens is 176 g/mol. The maximum Gasteiger partial charge on any atom is 0.223 e. The topological polar surface area (TPSA) is 55.1 Å². The van der Waals surface area contributed by atoms with Gasteiger partial charge in [0.1, 0.15) is 0 Å². The first-order chi connectivity index (χ1) is 6.52. The van der Waals surface area contributed by atoms with Crippen LogP contribution in [0.2, 0.25) is 0 Å². The van der Waals surface area contributed by atoms with Gasteiger partial charge in [-0.3, -0.25) is 4.79 Å². The lowest BCUT2D eigenvalue weighted by molar-refractivity contribution is -0.125. The highest BCUT2D eigenvalue weighted by atomic mass is 16.1. The molecule has 0 aromatic carbocycles. The number of hydrogen-bond acceptors (Lipinski definition) is 2. The Kier molecular flexibility index (Phi) is 6.54. The number of nitrogens with one attached hydrogen (secondary N) is 1. The van der Waals surface area contributed by atoms with Gasteiger partial charge in [0.2, 0.25) is 5.91 Å². The van der Waals surface area contributed by atoms with Gasteiger partial charge < -0.3 is 11.1 Å². The summed E-state index contributed by atoms with van der Waals surface area (Å²) in [6, 6.07) is 0.257. The molecule has 3 heteroatoms. The maximum absolute atomic E-state index is 11.6. The second-order valence-corrected chi connectivity index (χ2v) is 4.16. The van der Waals surface area contributed by atoms with Crippen LogP contribution in [0.1, 0.15) is 40.5 Å². The molecule has 0 radical (unpaired) electrons. The van der Waals surface area contributed by atoms with Crippen molar-refractivity contribution in [1.82, 2.24) is 5.32 Å². The molecule has 3 nitrogen and oxygen atoms in total. The second kappa shape index (κ2) is 6.82. The van der Waals surface area contributed by atoms with Gasteiger partial charge in [0.25, 0.3) is 0 Å². The fourth-order valence-electron chi connectivity index (χ4n) is 1.24. The molecule has 0 fully saturated rings. The minimum Gasteiger partial charge on any atom is -0.353 e. The lowest BCUT2D eigenvalue weighted by Gasteiger charge is -2.21. The summed E-state index contributed by atoms with van der Waals surface area (Å²) in [6.07, 6.45) is 1.85. The molecule has 0 aliphatic heterocycles. The van der Waals surface area contributed by atoms with E-state index in [-0.39, 0.29) is 17.9 Å². The van der Waals surface area contributed by atoms with Crippen LogP contribution in [0.5, 0.6) is 0 Å². The Hall–Kier alpha value is -0.570. The normalized spacial score (nSPS) is 17.2. The molecule has 1 amide bonds. The maximum atomic E-state index is 11.6. The number of amides is 1. The Morgan fingerprint density at radius 3 is 2.36 bits per heavy atom. The van der Waals surface area contributed by atoms with Crippen molar-refractivity contribution in [1.29, 1.82) is 0 Å². The van der Waals surface area contributed by atoms with E-state index in [4.69, 9.17) is 5.73 Å². The predicted molar refractivity (Wildman–Crippen MR) is 59.9 cm³/mol. The third-order valence-corrected chi connectivity index (χ3v) is 2.91. The summed E-state index contributed by atoms with van der Waals surface area (Å²) in [5, 5.41) is 3.02. The molecule has 0 saturated carbocycles. The van der Waals surface area contributed by atoms with E-state index in [1.54, 1.807) is 0 Å². The lowest BCUT2D eigenvalue weighted by Crippen LogP contribution is -2.40. The Bertz CT molecular complexity index is 171. The van der Waals surface area contributed by atoms with Crippen molar-refractivity contribution < 1.29 is 4.79 Å². The van der Waals surface area contributed by atoms with E-state index in [1.807, 2.05) is 6.92 Å². The van der Waals surface area contributed by atoms with Crippen molar-refractivity contribution in [2.75, 3.05) is 6.54 Å². The summed E-state index contributed by atoms with van der Waals surface area (Å²) < 4.78 is 0. The van der Waals surface area contributed by atoms with Gasteiger partial charge in [-0.2, -0.15) is 0 Å². The molecule has 0 aliphatic carbocycles. The van der Waals surface area contributed by atoms with Crippen molar-refractivity contribution in [3.05, 3.63) is 0 Å². The number of carbonyl (C=O) groups is 1. The fraction of sp³-hybridized carbons (Fsp3) is 0.909. The van der Waals surface area contributed by atoms with Crippen molar-refractivity contribution in [2.24, 2.45) is 17.6 Å². The summed E-state index contributed by atoms with van der Waals surface area (Å²) in [4.78, 5) is 11.6. The zero-order chi connectivity index (χ0) is 11.1. The molecule has 0 aromatic heterocycles. The third-order valence-electron chi connectivity index (χ3n) is 2.91. The van der Waals surface area contributed by atoms with Crippen molar-refractivity contribution in [2.45, 2.75) is 46.6 Å².